The number of rotatable bonds is 4. The van der Waals surface area contributed by atoms with Crippen molar-refractivity contribution in [3.05, 3.63) is 35.4 Å². The number of piperidine rings is 1. The first-order valence-corrected chi connectivity index (χ1v) is 8.38. The number of hydrogen-bond donors (Lipinski definition) is 1. The van der Waals surface area contributed by atoms with Crippen molar-refractivity contribution in [1.82, 2.24) is 10.2 Å². The minimum absolute atomic E-state index is 0.355. The van der Waals surface area contributed by atoms with Crippen LogP contribution in [0.2, 0.25) is 0 Å². The molecule has 1 aliphatic rings. The summed E-state index contributed by atoms with van der Waals surface area (Å²) in [6.45, 7) is 12.6. The molecule has 2 heteroatoms. The predicted molar refractivity (Wildman–Crippen MR) is 91.9 cm³/mol. The van der Waals surface area contributed by atoms with Crippen molar-refractivity contribution >= 4 is 0 Å². The fraction of sp³-hybridized carbons (Fsp3) is 0.684. The summed E-state index contributed by atoms with van der Waals surface area (Å²) in [7, 11) is 2.25. The maximum Gasteiger partial charge on any atom is 0.0201 e. The van der Waals surface area contributed by atoms with Gasteiger partial charge in [0.05, 0.1) is 0 Å². The third kappa shape index (κ3) is 5.12. The van der Waals surface area contributed by atoms with Crippen molar-refractivity contribution in [2.45, 2.75) is 52.5 Å². The van der Waals surface area contributed by atoms with Gasteiger partial charge >= 0.3 is 0 Å². The highest BCUT2D eigenvalue weighted by Gasteiger charge is 2.26. The zero-order chi connectivity index (χ0) is 15.5. The van der Waals surface area contributed by atoms with Crippen LogP contribution in [0.5, 0.6) is 0 Å². The molecule has 1 fully saturated rings. The lowest BCUT2D eigenvalue weighted by Gasteiger charge is -2.37. The Labute approximate surface area is 130 Å². The molecule has 1 aromatic rings. The molecule has 2 rings (SSSR count). The van der Waals surface area contributed by atoms with E-state index in [1.807, 2.05) is 0 Å². The largest absolute Gasteiger partial charge is 0.312 e. The van der Waals surface area contributed by atoms with Crippen LogP contribution in [-0.2, 0) is 6.42 Å². The highest BCUT2D eigenvalue weighted by atomic mass is 15.1. The molecule has 0 spiro atoms. The summed E-state index contributed by atoms with van der Waals surface area (Å²) >= 11 is 0. The van der Waals surface area contributed by atoms with Crippen LogP contribution in [-0.4, -0.2) is 37.6 Å². The molecule has 2 atom stereocenters. The number of likely N-dealkylation sites (tertiary alicyclic amines) is 1. The third-order valence-corrected chi connectivity index (χ3v) is 4.41. The number of likely N-dealkylation sites (N-methyl/N-ethyl adjacent to an activating group) is 1. The van der Waals surface area contributed by atoms with E-state index in [0.717, 1.165) is 13.0 Å². The van der Waals surface area contributed by atoms with E-state index in [9.17, 15) is 0 Å². The van der Waals surface area contributed by atoms with Crippen LogP contribution >= 0.6 is 0 Å². The van der Waals surface area contributed by atoms with E-state index in [-0.39, 0.29) is 0 Å². The predicted octanol–water partition coefficient (Wildman–Crippen LogP) is 3.67. The summed E-state index contributed by atoms with van der Waals surface area (Å²) < 4.78 is 0. The summed E-state index contributed by atoms with van der Waals surface area (Å²) in [5.74, 6) is 0.659. The first-order chi connectivity index (χ1) is 9.87. The van der Waals surface area contributed by atoms with E-state index >= 15 is 0 Å². The maximum absolute atomic E-state index is 3.77. The van der Waals surface area contributed by atoms with E-state index < -0.39 is 0 Å². The van der Waals surface area contributed by atoms with Crippen LogP contribution in [0.3, 0.4) is 0 Å². The average molecular weight is 288 g/mol. The molecule has 0 aliphatic carbocycles. The second kappa shape index (κ2) is 6.93. The maximum atomic E-state index is 3.77. The van der Waals surface area contributed by atoms with Crippen molar-refractivity contribution in [3.63, 3.8) is 0 Å². The molecule has 2 nitrogen and oxygen atoms in total. The Kier molecular flexibility index (Phi) is 5.45. The Balaban J connectivity index is 1.99. The van der Waals surface area contributed by atoms with Crippen LogP contribution < -0.4 is 5.32 Å². The Hall–Kier alpha value is -0.860. The lowest BCUT2D eigenvalue weighted by Crippen LogP contribution is -2.48. The molecule has 1 saturated heterocycles. The molecular formula is C19H32N2. The van der Waals surface area contributed by atoms with Crippen molar-refractivity contribution in [2.24, 2.45) is 5.41 Å². The van der Waals surface area contributed by atoms with E-state index in [4.69, 9.17) is 0 Å². The van der Waals surface area contributed by atoms with Gasteiger partial charge in [-0.15, -0.1) is 0 Å². The summed E-state index contributed by atoms with van der Waals surface area (Å²) in [4.78, 5) is 2.47. The summed E-state index contributed by atoms with van der Waals surface area (Å²) in [5.41, 5.74) is 3.29. The lowest BCUT2D eigenvalue weighted by atomic mass is 9.87. The highest BCUT2D eigenvalue weighted by molar-refractivity contribution is 5.26. The van der Waals surface area contributed by atoms with Gasteiger partial charge < -0.3 is 10.2 Å². The smallest absolute Gasteiger partial charge is 0.0201 e. The van der Waals surface area contributed by atoms with E-state index in [0.29, 0.717) is 17.4 Å². The molecule has 2 unspecified atom stereocenters. The molecule has 1 N–H and O–H groups in total. The van der Waals surface area contributed by atoms with E-state index in [1.165, 1.54) is 30.6 Å². The molecule has 0 aromatic heterocycles. The molecule has 118 valence electrons. The van der Waals surface area contributed by atoms with Crippen molar-refractivity contribution in [2.75, 3.05) is 26.7 Å². The van der Waals surface area contributed by atoms with Gasteiger partial charge in [0.1, 0.15) is 0 Å². The summed E-state index contributed by atoms with van der Waals surface area (Å²) in [6.07, 6.45) is 2.38. The van der Waals surface area contributed by atoms with Gasteiger partial charge in [0.2, 0.25) is 0 Å². The zero-order valence-corrected chi connectivity index (χ0v) is 14.4. The zero-order valence-electron chi connectivity index (χ0n) is 14.4. The van der Waals surface area contributed by atoms with Crippen molar-refractivity contribution < 1.29 is 0 Å². The number of nitrogens with one attached hydrogen (secondary N) is 1. The molecule has 21 heavy (non-hydrogen) atoms. The fourth-order valence-corrected chi connectivity index (χ4v) is 3.18. The minimum atomic E-state index is 0.355. The first kappa shape index (κ1) is 16.5. The van der Waals surface area contributed by atoms with Gasteiger partial charge in [-0.3, -0.25) is 0 Å². The number of nitrogens with zero attached hydrogens (tertiary/aromatic N) is 1. The Bertz CT molecular complexity index is 430. The van der Waals surface area contributed by atoms with E-state index in [2.05, 4.69) is 69.2 Å². The van der Waals surface area contributed by atoms with Gasteiger partial charge in [0, 0.05) is 25.7 Å². The molecular weight excluding hydrogens is 256 g/mol. The molecule has 0 radical (unpaired) electrons. The monoisotopic (exact) mass is 288 g/mol. The number of benzene rings is 1. The van der Waals surface area contributed by atoms with Crippen LogP contribution in [0.1, 0.15) is 51.2 Å². The third-order valence-electron chi connectivity index (χ3n) is 4.41. The van der Waals surface area contributed by atoms with Gasteiger partial charge in [-0.2, -0.15) is 0 Å². The van der Waals surface area contributed by atoms with Gasteiger partial charge in [-0.1, -0.05) is 52.0 Å². The van der Waals surface area contributed by atoms with Gasteiger partial charge in [-0.05, 0) is 42.3 Å². The second-order valence-corrected chi connectivity index (χ2v) is 7.89. The van der Waals surface area contributed by atoms with E-state index in [1.54, 1.807) is 0 Å². The number of aryl methyl sites for hydroxylation is 1. The highest BCUT2D eigenvalue weighted by Crippen LogP contribution is 2.27. The molecule has 0 amide bonds. The molecule has 1 aromatic carbocycles. The van der Waals surface area contributed by atoms with Gasteiger partial charge in [-0.25, -0.2) is 0 Å². The van der Waals surface area contributed by atoms with Crippen LogP contribution in [0.4, 0.5) is 0 Å². The quantitative estimate of drug-likeness (QED) is 0.909. The van der Waals surface area contributed by atoms with Crippen molar-refractivity contribution in [1.29, 1.82) is 0 Å². The van der Waals surface area contributed by atoms with Gasteiger partial charge in [0.15, 0.2) is 0 Å². The summed E-state index contributed by atoms with van der Waals surface area (Å²) in [6, 6.07) is 9.87. The van der Waals surface area contributed by atoms with Crippen LogP contribution in [0.15, 0.2) is 24.3 Å². The molecule has 1 heterocycles. The lowest BCUT2D eigenvalue weighted by molar-refractivity contribution is 0.193. The van der Waals surface area contributed by atoms with Crippen molar-refractivity contribution in [3.8, 4) is 0 Å². The summed E-state index contributed by atoms with van der Waals surface area (Å²) in [5, 5.41) is 3.77. The SMILES string of the molecule is CCc1ccc(C2CC(NCC(C)(C)C)CN(C)C2)cc1. The Morgan fingerprint density at radius 3 is 2.38 bits per heavy atom. The normalized spacial score (nSPS) is 24.2. The molecule has 0 bridgehead atoms. The average Bonchev–Trinajstić information content (AvgIpc) is 2.44. The Morgan fingerprint density at radius 1 is 1.14 bits per heavy atom. The second-order valence-electron chi connectivity index (χ2n) is 7.89. The van der Waals surface area contributed by atoms with Crippen LogP contribution in [0.25, 0.3) is 0 Å². The van der Waals surface area contributed by atoms with Crippen LogP contribution in [0, 0.1) is 5.41 Å². The topological polar surface area (TPSA) is 15.3 Å². The minimum Gasteiger partial charge on any atom is -0.312 e. The molecule has 0 saturated carbocycles. The Morgan fingerprint density at radius 2 is 1.81 bits per heavy atom. The molecule has 1 aliphatic heterocycles. The number of hydrogen-bond acceptors (Lipinski definition) is 2. The van der Waals surface area contributed by atoms with Gasteiger partial charge in [0.25, 0.3) is 0 Å². The first-order valence-electron chi connectivity index (χ1n) is 8.38. The fourth-order valence-electron chi connectivity index (χ4n) is 3.18. The standard InChI is InChI=1S/C19H32N2/c1-6-15-7-9-16(10-8-15)17-11-18(13-21(5)12-17)20-14-19(2,3)4/h7-10,17-18,20H,6,11-14H2,1-5H3.